The second kappa shape index (κ2) is 17.2. The van der Waals surface area contributed by atoms with Crippen LogP contribution in [0.4, 0.5) is 11.6 Å². The maximum absolute atomic E-state index is 8.80. The molecule has 15 nitrogen and oxygen atoms in total. The molecule has 4 aliphatic rings. The largest absolute Gasteiger partial charge is 0.490 e. The van der Waals surface area contributed by atoms with Gasteiger partial charge in [0.2, 0.25) is 0 Å². The van der Waals surface area contributed by atoms with E-state index in [0.29, 0.717) is 23.4 Å². The summed E-state index contributed by atoms with van der Waals surface area (Å²) < 4.78 is 12.6. The van der Waals surface area contributed by atoms with Crippen LogP contribution in [0.3, 0.4) is 0 Å². The van der Waals surface area contributed by atoms with Crippen LogP contribution >= 0.6 is 0 Å². The van der Waals surface area contributed by atoms with Gasteiger partial charge in [0.05, 0.1) is 47.5 Å². The molecule has 0 spiro atoms. The maximum Gasteiger partial charge on any atom is 0.131 e. The number of rotatable bonds is 8. The number of fused-ring (bicyclic) bond motifs is 6. The Morgan fingerprint density at radius 1 is 0.661 bits per heavy atom. The lowest BCUT2D eigenvalue weighted by molar-refractivity contribution is 0.146. The van der Waals surface area contributed by atoms with Gasteiger partial charge in [-0.2, -0.15) is 5.26 Å². The molecule has 8 N–H and O–H groups in total. The number of anilines is 2. The highest BCUT2D eigenvalue weighted by Gasteiger charge is 2.42. The van der Waals surface area contributed by atoms with Gasteiger partial charge in [-0.05, 0) is 115 Å². The monoisotopic (exact) mass is 801 g/mol. The molecule has 2 heterocycles. The molecule has 0 radical (unpaired) electrons. The van der Waals surface area contributed by atoms with Crippen LogP contribution in [0.1, 0.15) is 108 Å². The third-order valence-electron chi connectivity index (χ3n) is 11.9. The van der Waals surface area contributed by atoms with Crippen LogP contribution in [-0.4, -0.2) is 69.4 Å². The summed E-state index contributed by atoms with van der Waals surface area (Å²) in [5.41, 5.74) is 31.9. The summed E-state index contributed by atoms with van der Waals surface area (Å²) in [5.74, 6) is 2.49. The van der Waals surface area contributed by atoms with Crippen LogP contribution in [0.2, 0.25) is 0 Å². The average molecular weight is 802 g/mol. The summed E-state index contributed by atoms with van der Waals surface area (Å²) in [5, 5.41) is 17.6. The van der Waals surface area contributed by atoms with Gasteiger partial charge in [0.25, 0.3) is 0 Å². The van der Waals surface area contributed by atoms with Gasteiger partial charge in [0, 0.05) is 56.3 Å². The number of hydrogen-bond donors (Lipinski definition) is 4. The zero-order valence-electron chi connectivity index (χ0n) is 34.6. The van der Waals surface area contributed by atoms with E-state index in [4.69, 9.17) is 47.3 Å². The number of nitriles is 1. The van der Waals surface area contributed by atoms with E-state index in [2.05, 4.69) is 50.2 Å². The average Bonchev–Trinajstić information content (AvgIpc) is 3.21. The summed E-state index contributed by atoms with van der Waals surface area (Å²) >= 11 is 0. The first-order valence-electron chi connectivity index (χ1n) is 20.4. The summed E-state index contributed by atoms with van der Waals surface area (Å²) in [6.45, 7) is 8.39. The zero-order valence-corrected chi connectivity index (χ0v) is 34.6. The van der Waals surface area contributed by atoms with E-state index in [0.717, 1.165) is 113 Å². The Morgan fingerprint density at radius 3 is 1.53 bits per heavy atom. The van der Waals surface area contributed by atoms with E-state index in [9.17, 15) is 0 Å². The molecule has 2 aromatic carbocycles. The Morgan fingerprint density at radius 2 is 1.10 bits per heavy atom. The predicted molar refractivity (Wildman–Crippen MR) is 228 cm³/mol. The number of nitrogens with zero attached hydrogens (tertiary/aromatic N) is 7. The third kappa shape index (κ3) is 8.37. The fourth-order valence-electron chi connectivity index (χ4n) is 8.76. The normalized spacial score (nSPS) is 23.6. The Kier molecular flexibility index (Phi) is 12.0. The molecule has 0 aliphatic heterocycles. The van der Waals surface area contributed by atoms with Gasteiger partial charge in [0.1, 0.15) is 49.5 Å². The Balaban J connectivity index is 0.000000180. The zero-order chi connectivity index (χ0) is 41.9. The molecule has 0 bridgehead atoms. The smallest absolute Gasteiger partial charge is 0.131 e. The number of aromatic nitrogens is 4. The van der Waals surface area contributed by atoms with Crippen molar-refractivity contribution in [2.75, 3.05) is 25.2 Å². The molecule has 0 atom stereocenters. The molecule has 310 valence electrons. The topological polar surface area (TPSA) is 241 Å². The highest BCUT2D eigenvalue weighted by atomic mass is 16.6. The number of ether oxygens (including phenoxy) is 2. The van der Waals surface area contributed by atoms with Crippen molar-refractivity contribution in [3.05, 3.63) is 71.3 Å². The van der Waals surface area contributed by atoms with E-state index >= 15 is 0 Å². The summed E-state index contributed by atoms with van der Waals surface area (Å²) in [6.07, 6.45) is 11.4. The van der Waals surface area contributed by atoms with Crippen LogP contribution in [-0.2, 0) is 20.5 Å². The first kappa shape index (κ1) is 41.3. The number of benzene rings is 2. The lowest BCUT2D eigenvalue weighted by Crippen LogP contribution is -2.36. The summed E-state index contributed by atoms with van der Waals surface area (Å²) in [4.78, 5) is 28.1. The fraction of sp³-hybridized carbons (Fsp3) is 0.477. The van der Waals surface area contributed by atoms with Gasteiger partial charge in [-0.3, -0.25) is 0 Å². The first-order chi connectivity index (χ1) is 28.3. The van der Waals surface area contributed by atoms with Crippen molar-refractivity contribution in [3.8, 4) is 40.1 Å². The third-order valence-corrected chi connectivity index (χ3v) is 11.9. The van der Waals surface area contributed by atoms with Gasteiger partial charge >= 0.3 is 0 Å². The van der Waals surface area contributed by atoms with Crippen LogP contribution < -0.4 is 32.4 Å². The minimum absolute atomic E-state index is 0.159. The second-order valence-electron chi connectivity index (χ2n) is 16.7. The van der Waals surface area contributed by atoms with Crippen LogP contribution in [0.5, 0.6) is 11.5 Å². The number of nitrogen functional groups attached to an aromatic ring is 2. The van der Waals surface area contributed by atoms with Crippen molar-refractivity contribution in [1.82, 2.24) is 19.9 Å². The molecular weight excluding hydrogens is 747 g/mol. The quantitative estimate of drug-likeness (QED) is 0.113. The van der Waals surface area contributed by atoms with Gasteiger partial charge in [-0.15, -0.1) is 0 Å². The van der Waals surface area contributed by atoms with Gasteiger partial charge in [-0.1, -0.05) is 10.3 Å². The highest BCUT2D eigenvalue weighted by molar-refractivity contribution is 6.16. The van der Waals surface area contributed by atoms with Crippen LogP contribution in [0, 0.1) is 11.3 Å². The molecule has 4 aromatic rings. The predicted octanol–water partition coefficient (Wildman–Crippen LogP) is 6.32. The minimum atomic E-state index is -0.587. The van der Waals surface area contributed by atoms with Crippen molar-refractivity contribution in [1.29, 1.82) is 5.26 Å². The number of hydrogen-bond acceptors (Lipinski definition) is 15. The van der Waals surface area contributed by atoms with Crippen molar-refractivity contribution in [3.63, 3.8) is 0 Å². The molecule has 0 amide bonds. The molecule has 15 heteroatoms. The highest BCUT2D eigenvalue weighted by Crippen LogP contribution is 2.47. The first-order valence-corrected chi connectivity index (χ1v) is 20.4. The van der Waals surface area contributed by atoms with E-state index in [-0.39, 0.29) is 31.3 Å². The second-order valence-corrected chi connectivity index (χ2v) is 16.7. The standard InChI is InChI=1S/C23H28N6O2.C21H27N5O2/c1-23(2)19-20(27-13-28-22(19)26)17-9-8-16(31-15-6-4-14(25)5-7-15)12-18(17)21(23)29-30-11-3-10-24;1-21(2)17-18(24-11-25-20(17)23)15-9-8-14(10-16(15)19(21)26-27-3)28-13-6-4-12(22)5-7-13/h8-9,12-15H,3-7,11,25H2,1-2H3,(H2,26,27,28);8-13H,4-7,22H2,1-3H3,(H2,23,24,25)/b29-21+;26-19+. The molecule has 2 fully saturated rings. The molecule has 0 unspecified atom stereocenters. The van der Waals surface area contributed by atoms with E-state index < -0.39 is 10.8 Å². The molecule has 4 aliphatic carbocycles. The molecule has 0 saturated heterocycles. The lowest BCUT2D eigenvalue weighted by atomic mass is 9.70. The summed E-state index contributed by atoms with van der Waals surface area (Å²) in [7, 11) is 1.55. The van der Waals surface area contributed by atoms with Crippen molar-refractivity contribution in [2.24, 2.45) is 21.8 Å². The van der Waals surface area contributed by atoms with Gasteiger partial charge < -0.3 is 42.1 Å². The molecular formula is C44H55N11O4. The Bertz CT molecular complexity index is 2270. The van der Waals surface area contributed by atoms with E-state index in [1.54, 1.807) is 7.11 Å². The molecule has 8 rings (SSSR count). The summed E-state index contributed by atoms with van der Waals surface area (Å²) in [6, 6.07) is 14.6. The van der Waals surface area contributed by atoms with E-state index in [1.165, 1.54) is 12.7 Å². The minimum Gasteiger partial charge on any atom is -0.490 e. The van der Waals surface area contributed by atoms with Crippen molar-refractivity contribution < 1.29 is 19.1 Å². The maximum atomic E-state index is 8.80. The molecule has 59 heavy (non-hydrogen) atoms. The van der Waals surface area contributed by atoms with E-state index in [1.807, 2.05) is 50.2 Å². The van der Waals surface area contributed by atoms with Crippen molar-refractivity contribution in [2.45, 2.75) is 121 Å². The Labute approximate surface area is 345 Å². The van der Waals surface area contributed by atoms with Crippen LogP contribution in [0.25, 0.3) is 22.5 Å². The number of nitrogens with two attached hydrogens (primary N) is 4. The molecule has 2 aromatic heterocycles. The van der Waals surface area contributed by atoms with Gasteiger partial charge in [-0.25, -0.2) is 19.9 Å². The number of oxime groups is 2. The lowest BCUT2D eigenvalue weighted by Gasteiger charge is -2.35. The van der Waals surface area contributed by atoms with Crippen LogP contribution in [0.15, 0.2) is 59.4 Å². The Hall–Kier alpha value is -5.85. The molecule has 2 saturated carbocycles. The fourth-order valence-corrected chi connectivity index (χ4v) is 8.76. The van der Waals surface area contributed by atoms with Crippen molar-refractivity contribution >= 4 is 23.1 Å². The SMILES string of the molecule is CC1(C)/C(=N/OCCC#N)c2cc(OC3CCC(N)CC3)ccc2-c2ncnc(N)c21.CO/N=C1\c2cc(OC3CCC(N)CC3)ccc2-c2ncnc(N)c2C1(C)C. The van der Waals surface area contributed by atoms with Gasteiger partial charge in [0.15, 0.2) is 0 Å².